The number of aromatic hydroxyl groups is 1. The fourth-order valence-electron chi connectivity index (χ4n) is 3.27. The van der Waals surface area contributed by atoms with Crippen molar-refractivity contribution in [1.82, 2.24) is 5.01 Å². The highest BCUT2D eigenvalue weighted by Crippen LogP contribution is 2.42. The molecule has 0 radical (unpaired) electrons. The number of rotatable bonds is 1. The van der Waals surface area contributed by atoms with Crippen LogP contribution in [0, 0.1) is 10.8 Å². The summed E-state index contributed by atoms with van der Waals surface area (Å²) in [7, 11) is 0. The fraction of sp³-hybridized carbons (Fsp3) is 0.538. The molecule has 4 heteroatoms. The van der Waals surface area contributed by atoms with E-state index in [1.165, 1.54) is 11.1 Å². The Kier molecular flexibility index (Phi) is 2.50. The average Bonchev–Trinajstić information content (AvgIpc) is 2.37. The Morgan fingerprint density at radius 1 is 1.35 bits per heavy atom. The van der Waals surface area contributed by atoms with Gasteiger partial charge in [-0.1, -0.05) is 6.07 Å². The third-order valence-electron chi connectivity index (χ3n) is 4.16. The lowest BCUT2D eigenvalue weighted by atomic mass is 9.72. The van der Waals surface area contributed by atoms with Crippen LogP contribution in [0.25, 0.3) is 0 Å². The van der Waals surface area contributed by atoms with Crippen molar-refractivity contribution in [2.75, 3.05) is 13.1 Å². The first-order chi connectivity index (χ1) is 8.28. The smallest absolute Gasteiger partial charge is 0.115 e. The van der Waals surface area contributed by atoms with Gasteiger partial charge in [0.2, 0.25) is 0 Å². The summed E-state index contributed by atoms with van der Waals surface area (Å²) < 4.78 is 0. The van der Waals surface area contributed by atoms with Crippen LogP contribution in [-0.2, 0) is 6.42 Å². The topological polar surface area (TPSA) is 52.9 Å². The highest BCUT2D eigenvalue weighted by atomic mass is 16.3. The Hall–Kier alpha value is -1.58. The van der Waals surface area contributed by atoms with E-state index in [0.29, 0.717) is 17.6 Å². The van der Waals surface area contributed by atoms with Crippen LogP contribution >= 0.6 is 0 Å². The molecule has 1 fully saturated rings. The van der Waals surface area contributed by atoms with E-state index in [-0.39, 0.29) is 0 Å². The molecule has 17 heavy (non-hydrogen) atoms. The second-order valence-electron chi connectivity index (χ2n) is 5.07. The average molecular weight is 232 g/mol. The minimum absolute atomic E-state index is 0.336. The zero-order valence-electron chi connectivity index (χ0n) is 9.67. The van der Waals surface area contributed by atoms with Crippen molar-refractivity contribution in [3.05, 3.63) is 34.2 Å². The molecule has 90 valence electrons. The number of phenolic OH excluding ortho intramolecular Hbond substituents is 1. The first-order valence-corrected chi connectivity index (χ1v) is 6.18. The van der Waals surface area contributed by atoms with Crippen molar-refractivity contribution in [3.63, 3.8) is 0 Å². The first kappa shape index (κ1) is 10.6. The molecule has 4 nitrogen and oxygen atoms in total. The number of piperidine rings is 1. The molecule has 0 aromatic heterocycles. The number of phenols is 1. The predicted octanol–water partition coefficient (Wildman–Crippen LogP) is 2.43. The van der Waals surface area contributed by atoms with Gasteiger partial charge in [-0.2, -0.15) is 0 Å². The Balaban J connectivity index is 1.94. The van der Waals surface area contributed by atoms with Crippen LogP contribution in [0.5, 0.6) is 5.75 Å². The van der Waals surface area contributed by atoms with Gasteiger partial charge in [0.05, 0.1) is 5.29 Å². The summed E-state index contributed by atoms with van der Waals surface area (Å²) in [6.45, 7) is 1.52. The van der Waals surface area contributed by atoms with Gasteiger partial charge in [0.15, 0.2) is 0 Å². The molecule has 2 aliphatic rings. The van der Waals surface area contributed by atoms with E-state index in [2.05, 4.69) is 5.29 Å². The number of hydrogen-bond donors (Lipinski definition) is 1. The molecule has 1 aliphatic heterocycles. The summed E-state index contributed by atoms with van der Waals surface area (Å²) in [6, 6.07) is 5.61. The molecular weight excluding hydrogens is 216 g/mol. The van der Waals surface area contributed by atoms with Gasteiger partial charge in [0.1, 0.15) is 5.75 Å². The Labute approximate surface area is 100 Å². The summed E-state index contributed by atoms with van der Waals surface area (Å²) in [5.41, 5.74) is 2.53. The lowest BCUT2D eigenvalue weighted by Crippen LogP contribution is -2.38. The zero-order chi connectivity index (χ0) is 11.8. The molecule has 0 saturated carbocycles. The summed E-state index contributed by atoms with van der Waals surface area (Å²) in [5, 5.41) is 14.2. The zero-order valence-corrected chi connectivity index (χ0v) is 9.67. The molecule has 1 N–H and O–H groups in total. The molecule has 0 bridgehead atoms. The van der Waals surface area contributed by atoms with Crippen molar-refractivity contribution in [1.29, 1.82) is 0 Å². The Morgan fingerprint density at radius 3 is 3.06 bits per heavy atom. The number of nitroso groups, excluding NO2 is 1. The molecule has 1 aromatic rings. The van der Waals surface area contributed by atoms with Crippen molar-refractivity contribution in [2.24, 2.45) is 11.2 Å². The standard InChI is InChI=1S/C13H16N2O2/c16-11-3-4-12-10(7-11)2-1-9-5-6-15(14-17)8-13(9)12/h3-4,7,9,13,16H,1-2,5-6,8H2. The van der Waals surface area contributed by atoms with Gasteiger partial charge in [0.25, 0.3) is 0 Å². The first-order valence-electron chi connectivity index (χ1n) is 6.18. The van der Waals surface area contributed by atoms with Gasteiger partial charge in [0, 0.05) is 19.0 Å². The molecular formula is C13H16N2O2. The summed E-state index contributed by atoms with van der Waals surface area (Å²) in [6.07, 6.45) is 3.25. The highest BCUT2D eigenvalue weighted by Gasteiger charge is 2.34. The Bertz CT molecular complexity index is 447. The number of nitrogens with zero attached hydrogens (tertiary/aromatic N) is 2. The minimum atomic E-state index is 0.336. The summed E-state index contributed by atoms with van der Waals surface area (Å²) in [5.74, 6) is 1.42. The maximum atomic E-state index is 10.6. The van der Waals surface area contributed by atoms with Crippen molar-refractivity contribution < 1.29 is 5.11 Å². The lowest BCUT2D eigenvalue weighted by molar-refractivity contribution is 0.149. The van der Waals surface area contributed by atoms with Gasteiger partial charge in [-0.15, -0.1) is 4.91 Å². The molecule has 3 rings (SSSR count). The number of hydrogen-bond acceptors (Lipinski definition) is 3. The Morgan fingerprint density at radius 2 is 2.24 bits per heavy atom. The number of aryl methyl sites for hydroxylation is 1. The van der Waals surface area contributed by atoms with Crippen LogP contribution in [0.4, 0.5) is 0 Å². The summed E-state index contributed by atoms with van der Waals surface area (Å²) >= 11 is 0. The maximum absolute atomic E-state index is 10.6. The van der Waals surface area contributed by atoms with E-state index >= 15 is 0 Å². The quantitative estimate of drug-likeness (QED) is 0.756. The van der Waals surface area contributed by atoms with E-state index in [0.717, 1.165) is 32.4 Å². The van der Waals surface area contributed by atoms with Gasteiger partial charge in [-0.3, -0.25) is 5.01 Å². The molecule has 1 aromatic carbocycles. The third kappa shape index (κ3) is 1.77. The SMILES string of the molecule is O=NN1CCC2CCc3cc(O)ccc3C2C1. The van der Waals surface area contributed by atoms with Crippen molar-refractivity contribution in [3.8, 4) is 5.75 Å². The van der Waals surface area contributed by atoms with Crippen LogP contribution in [0.15, 0.2) is 23.5 Å². The normalized spacial score (nSPS) is 27.2. The van der Waals surface area contributed by atoms with Gasteiger partial charge >= 0.3 is 0 Å². The van der Waals surface area contributed by atoms with E-state index in [4.69, 9.17) is 0 Å². The molecule has 0 amide bonds. The van der Waals surface area contributed by atoms with E-state index < -0.39 is 0 Å². The van der Waals surface area contributed by atoms with Crippen LogP contribution < -0.4 is 0 Å². The summed E-state index contributed by atoms with van der Waals surface area (Å²) in [4.78, 5) is 10.6. The van der Waals surface area contributed by atoms with E-state index in [1.807, 2.05) is 12.1 Å². The number of fused-ring (bicyclic) bond motifs is 3. The van der Waals surface area contributed by atoms with Crippen LogP contribution in [0.3, 0.4) is 0 Å². The van der Waals surface area contributed by atoms with Crippen LogP contribution in [0.1, 0.15) is 29.9 Å². The fourth-order valence-corrected chi connectivity index (χ4v) is 3.27. The largest absolute Gasteiger partial charge is 0.508 e. The van der Waals surface area contributed by atoms with Crippen LogP contribution in [0.2, 0.25) is 0 Å². The predicted molar refractivity (Wildman–Crippen MR) is 64.6 cm³/mol. The van der Waals surface area contributed by atoms with Gasteiger partial charge < -0.3 is 5.11 Å². The highest BCUT2D eigenvalue weighted by molar-refractivity contribution is 5.39. The second-order valence-corrected chi connectivity index (χ2v) is 5.07. The van der Waals surface area contributed by atoms with Crippen LogP contribution in [-0.4, -0.2) is 23.2 Å². The van der Waals surface area contributed by atoms with Gasteiger partial charge in [-0.05, 0) is 48.4 Å². The molecule has 2 unspecified atom stereocenters. The molecule has 2 atom stereocenters. The maximum Gasteiger partial charge on any atom is 0.115 e. The molecule has 1 saturated heterocycles. The molecule has 1 aliphatic carbocycles. The third-order valence-corrected chi connectivity index (χ3v) is 4.16. The van der Waals surface area contributed by atoms with E-state index in [1.54, 1.807) is 11.1 Å². The minimum Gasteiger partial charge on any atom is -0.508 e. The van der Waals surface area contributed by atoms with Crippen molar-refractivity contribution >= 4 is 0 Å². The lowest BCUT2D eigenvalue weighted by Gasteiger charge is -2.40. The molecule has 0 spiro atoms. The second kappa shape index (κ2) is 4.02. The van der Waals surface area contributed by atoms with Gasteiger partial charge in [-0.25, -0.2) is 0 Å². The monoisotopic (exact) mass is 232 g/mol. The molecule has 1 heterocycles. The van der Waals surface area contributed by atoms with Crippen molar-refractivity contribution in [2.45, 2.75) is 25.2 Å². The number of benzene rings is 1. The van der Waals surface area contributed by atoms with E-state index in [9.17, 15) is 10.0 Å².